The second-order valence-corrected chi connectivity index (χ2v) is 4.92. The first kappa shape index (κ1) is 11.5. The zero-order valence-electron chi connectivity index (χ0n) is 9.42. The van der Waals surface area contributed by atoms with Gasteiger partial charge in [0.1, 0.15) is 0 Å². The van der Waals surface area contributed by atoms with Crippen LogP contribution in [0.3, 0.4) is 0 Å². The molecule has 0 radical (unpaired) electrons. The summed E-state index contributed by atoms with van der Waals surface area (Å²) in [7, 11) is 1.78. The lowest BCUT2D eigenvalue weighted by atomic mass is 9.82. The van der Waals surface area contributed by atoms with E-state index in [1.54, 1.807) is 11.9 Å². The molecule has 1 rings (SSSR count). The average Bonchev–Trinajstić information content (AvgIpc) is 2.09. The summed E-state index contributed by atoms with van der Waals surface area (Å²) < 4.78 is 0. The molecule has 0 aromatic carbocycles. The Morgan fingerprint density at radius 3 is 2.43 bits per heavy atom. The third-order valence-electron chi connectivity index (χ3n) is 3.36. The Morgan fingerprint density at radius 1 is 1.50 bits per heavy atom. The first-order valence-corrected chi connectivity index (χ1v) is 5.35. The molecule has 0 spiro atoms. The van der Waals surface area contributed by atoms with Crippen molar-refractivity contribution in [1.29, 1.82) is 0 Å². The van der Waals surface area contributed by atoms with Gasteiger partial charge in [0.05, 0.1) is 12.1 Å². The molecule has 1 amide bonds. The molecule has 82 valence electrons. The van der Waals surface area contributed by atoms with Crippen LogP contribution in [0, 0.1) is 5.92 Å². The third kappa shape index (κ3) is 2.47. The lowest BCUT2D eigenvalue weighted by Gasteiger charge is -2.36. The van der Waals surface area contributed by atoms with Crippen LogP contribution in [-0.4, -0.2) is 35.1 Å². The average molecular weight is 199 g/mol. The Balaban J connectivity index is 2.42. The number of carbonyl (C=O) groups excluding carboxylic acids is 1. The van der Waals surface area contributed by atoms with Crippen molar-refractivity contribution in [3.05, 3.63) is 0 Å². The van der Waals surface area contributed by atoms with Crippen LogP contribution in [0.25, 0.3) is 0 Å². The van der Waals surface area contributed by atoms with Crippen molar-refractivity contribution in [2.24, 2.45) is 5.92 Å². The summed E-state index contributed by atoms with van der Waals surface area (Å²) >= 11 is 0. The fourth-order valence-electron chi connectivity index (χ4n) is 1.52. The van der Waals surface area contributed by atoms with E-state index in [1.807, 2.05) is 13.8 Å². The van der Waals surface area contributed by atoms with E-state index in [0.29, 0.717) is 12.3 Å². The summed E-state index contributed by atoms with van der Waals surface area (Å²) in [6, 6.07) is 0. The highest BCUT2D eigenvalue weighted by Gasteiger charge is 2.29. The SMILES string of the molecule is CN(C(=O)CC1CCC1)C(C)(C)CO. The van der Waals surface area contributed by atoms with Crippen molar-refractivity contribution in [2.45, 2.75) is 45.1 Å². The fraction of sp³-hybridized carbons (Fsp3) is 0.909. The molecule has 0 unspecified atom stereocenters. The van der Waals surface area contributed by atoms with E-state index in [-0.39, 0.29) is 12.5 Å². The molecule has 1 fully saturated rings. The van der Waals surface area contributed by atoms with Gasteiger partial charge >= 0.3 is 0 Å². The van der Waals surface area contributed by atoms with E-state index >= 15 is 0 Å². The van der Waals surface area contributed by atoms with Crippen LogP contribution < -0.4 is 0 Å². The Morgan fingerprint density at radius 2 is 2.07 bits per heavy atom. The molecule has 0 bridgehead atoms. The van der Waals surface area contributed by atoms with Gasteiger partial charge in [0.25, 0.3) is 0 Å². The molecule has 0 aromatic heterocycles. The number of aliphatic hydroxyl groups excluding tert-OH is 1. The van der Waals surface area contributed by atoms with E-state index in [4.69, 9.17) is 5.11 Å². The van der Waals surface area contributed by atoms with Gasteiger partial charge in [-0.2, -0.15) is 0 Å². The molecule has 3 nitrogen and oxygen atoms in total. The van der Waals surface area contributed by atoms with Crippen molar-refractivity contribution < 1.29 is 9.90 Å². The van der Waals surface area contributed by atoms with Crippen LogP contribution >= 0.6 is 0 Å². The van der Waals surface area contributed by atoms with Gasteiger partial charge in [-0.05, 0) is 32.6 Å². The van der Waals surface area contributed by atoms with Crippen molar-refractivity contribution in [1.82, 2.24) is 4.90 Å². The fourth-order valence-corrected chi connectivity index (χ4v) is 1.52. The van der Waals surface area contributed by atoms with Gasteiger partial charge in [-0.15, -0.1) is 0 Å². The van der Waals surface area contributed by atoms with E-state index in [0.717, 1.165) is 0 Å². The summed E-state index contributed by atoms with van der Waals surface area (Å²) in [5, 5.41) is 9.12. The summed E-state index contributed by atoms with van der Waals surface area (Å²) in [6.45, 7) is 3.78. The lowest BCUT2D eigenvalue weighted by Crippen LogP contribution is -2.48. The molecule has 0 saturated heterocycles. The number of hydrogen-bond acceptors (Lipinski definition) is 2. The minimum atomic E-state index is -0.430. The van der Waals surface area contributed by atoms with Gasteiger partial charge in [0.15, 0.2) is 0 Å². The Labute approximate surface area is 86.1 Å². The Hall–Kier alpha value is -0.570. The minimum absolute atomic E-state index is 0.0138. The standard InChI is InChI=1S/C11H21NO2/c1-11(2,8-13)12(3)10(14)7-9-5-4-6-9/h9,13H,4-8H2,1-3H3. The first-order valence-electron chi connectivity index (χ1n) is 5.35. The van der Waals surface area contributed by atoms with Gasteiger partial charge in [0.2, 0.25) is 5.91 Å². The maximum Gasteiger partial charge on any atom is 0.223 e. The molecule has 0 aromatic rings. The van der Waals surface area contributed by atoms with Gasteiger partial charge in [-0.25, -0.2) is 0 Å². The minimum Gasteiger partial charge on any atom is -0.394 e. The van der Waals surface area contributed by atoms with Crippen LogP contribution in [0.5, 0.6) is 0 Å². The zero-order valence-corrected chi connectivity index (χ0v) is 9.42. The summed E-state index contributed by atoms with van der Waals surface area (Å²) in [5.41, 5.74) is -0.430. The predicted molar refractivity (Wildman–Crippen MR) is 55.9 cm³/mol. The highest BCUT2D eigenvalue weighted by Crippen LogP contribution is 2.30. The van der Waals surface area contributed by atoms with Crippen molar-refractivity contribution in [3.63, 3.8) is 0 Å². The molecule has 3 heteroatoms. The summed E-state index contributed by atoms with van der Waals surface area (Å²) in [4.78, 5) is 13.4. The zero-order chi connectivity index (χ0) is 10.8. The van der Waals surface area contributed by atoms with Gasteiger partial charge in [0, 0.05) is 13.5 Å². The molecule has 0 aliphatic heterocycles. The number of nitrogens with zero attached hydrogens (tertiary/aromatic N) is 1. The topological polar surface area (TPSA) is 40.5 Å². The maximum atomic E-state index is 11.8. The van der Waals surface area contributed by atoms with Crippen LogP contribution in [0.15, 0.2) is 0 Å². The molecule has 1 saturated carbocycles. The normalized spacial score (nSPS) is 17.7. The molecule has 0 heterocycles. The van der Waals surface area contributed by atoms with E-state index in [1.165, 1.54) is 19.3 Å². The number of hydrogen-bond donors (Lipinski definition) is 1. The van der Waals surface area contributed by atoms with Crippen LogP contribution in [0.4, 0.5) is 0 Å². The number of likely N-dealkylation sites (N-methyl/N-ethyl adjacent to an activating group) is 1. The van der Waals surface area contributed by atoms with Crippen LogP contribution in [0.1, 0.15) is 39.5 Å². The highest BCUT2D eigenvalue weighted by molar-refractivity contribution is 5.77. The second kappa shape index (κ2) is 4.30. The van der Waals surface area contributed by atoms with Crippen molar-refractivity contribution in [3.8, 4) is 0 Å². The van der Waals surface area contributed by atoms with Crippen molar-refractivity contribution in [2.75, 3.05) is 13.7 Å². The van der Waals surface area contributed by atoms with Gasteiger partial charge in [-0.1, -0.05) is 6.42 Å². The number of carbonyl (C=O) groups is 1. The summed E-state index contributed by atoms with van der Waals surface area (Å²) in [5.74, 6) is 0.758. The number of amides is 1. The van der Waals surface area contributed by atoms with Crippen LogP contribution in [0.2, 0.25) is 0 Å². The Bertz CT molecular complexity index is 209. The predicted octanol–water partition coefficient (Wildman–Crippen LogP) is 1.41. The first-order chi connectivity index (χ1) is 6.47. The summed E-state index contributed by atoms with van der Waals surface area (Å²) in [6.07, 6.45) is 4.31. The van der Waals surface area contributed by atoms with Gasteiger partial charge < -0.3 is 10.0 Å². The third-order valence-corrected chi connectivity index (χ3v) is 3.36. The van der Waals surface area contributed by atoms with Crippen molar-refractivity contribution >= 4 is 5.91 Å². The number of rotatable bonds is 4. The second-order valence-electron chi connectivity index (χ2n) is 4.92. The molecule has 14 heavy (non-hydrogen) atoms. The molecule has 1 aliphatic rings. The quantitative estimate of drug-likeness (QED) is 0.743. The maximum absolute atomic E-state index is 11.8. The largest absolute Gasteiger partial charge is 0.394 e. The molecule has 1 aliphatic carbocycles. The van der Waals surface area contributed by atoms with E-state index < -0.39 is 5.54 Å². The molecular weight excluding hydrogens is 178 g/mol. The van der Waals surface area contributed by atoms with Gasteiger partial charge in [-0.3, -0.25) is 4.79 Å². The van der Waals surface area contributed by atoms with Crippen LogP contribution in [-0.2, 0) is 4.79 Å². The van der Waals surface area contributed by atoms with E-state index in [2.05, 4.69) is 0 Å². The monoisotopic (exact) mass is 199 g/mol. The smallest absolute Gasteiger partial charge is 0.223 e. The lowest BCUT2D eigenvalue weighted by molar-refractivity contribution is -0.137. The Kier molecular flexibility index (Phi) is 3.53. The highest BCUT2D eigenvalue weighted by atomic mass is 16.3. The molecule has 1 N–H and O–H groups in total. The van der Waals surface area contributed by atoms with E-state index in [9.17, 15) is 4.79 Å². The number of aliphatic hydroxyl groups is 1. The molecule has 0 atom stereocenters. The molecular formula is C11H21NO2.